The molecule has 0 aliphatic carbocycles. The third-order valence-electron chi connectivity index (χ3n) is 3.58. The molecule has 2 unspecified atom stereocenters. The van der Waals surface area contributed by atoms with Crippen molar-refractivity contribution in [2.24, 2.45) is 0 Å². The summed E-state index contributed by atoms with van der Waals surface area (Å²) in [5, 5.41) is 3.44. The van der Waals surface area contributed by atoms with E-state index in [1.807, 2.05) is 4.90 Å². The lowest BCUT2D eigenvalue weighted by Crippen LogP contribution is -2.41. The number of likely N-dealkylation sites (N-methyl/N-ethyl adjacent to an activating group) is 1. The van der Waals surface area contributed by atoms with Crippen LogP contribution in [0.3, 0.4) is 0 Å². The second kappa shape index (κ2) is 6.97. The van der Waals surface area contributed by atoms with Crippen LogP contribution >= 0.6 is 0 Å². The van der Waals surface area contributed by atoms with Gasteiger partial charge in [0.15, 0.2) is 0 Å². The molecule has 0 saturated carbocycles. The van der Waals surface area contributed by atoms with Crippen molar-refractivity contribution in [3.8, 4) is 0 Å². The van der Waals surface area contributed by atoms with Crippen molar-refractivity contribution in [3.63, 3.8) is 0 Å². The van der Waals surface area contributed by atoms with Crippen molar-refractivity contribution in [2.75, 3.05) is 26.7 Å². The second-order valence-electron chi connectivity index (χ2n) is 4.86. The molecule has 1 N–H and O–H groups in total. The van der Waals surface area contributed by atoms with Crippen molar-refractivity contribution < 1.29 is 4.79 Å². The molecule has 1 aliphatic heterocycles. The maximum atomic E-state index is 12.2. The number of carbonyl (C=O) groups is 1. The minimum atomic E-state index is 0.0527. The molecule has 1 amide bonds. The van der Waals surface area contributed by atoms with Gasteiger partial charge in [-0.15, -0.1) is 0 Å². The number of hydrogen-bond acceptors (Lipinski definition) is 3. The Morgan fingerprint density at radius 1 is 1.35 bits per heavy atom. The fourth-order valence-electron chi connectivity index (χ4n) is 2.28. The molecule has 1 rings (SSSR count). The quantitative estimate of drug-likeness (QED) is 0.729. The molecule has 0 aromatic carbocycles. The van der Waals surface area contributed by atoms with Crippen LogP contribution in [-0.2, 0) is 4.79 Å². The fraction of sp³-hybridized carbons (Fsp3) is 0.923. The summed E-state index contributed by atoms with van der Waals surface area (Å²) in [5.41, 5.74) is 0. The van der Waals surface area contributed by atoms with Gasteiger partial charge in [0.1, 0.15) is 0 Å². The third-order valence-corrected chi connectivity index (χ3v) is 3.58. The first-order chi connectivity index (χ1) is 8.13. The van der Waals surface area contributed by atoms with Crippen LogP contribution in [0.15, 0.2) is 0 Å². The second-order valence-corrected chi connectivity index (χ2v) is 4.86. The number of amides is 1. The van der Waals surface area contributed by atoms with Gasteiger partial charge < -0.3 is 9.80 Å². The SMILES string of the molecule is CCCC1NC(CC)N(CCN(C)CC)C1=O. The predicted molar refractivity (Wildman–Crippen MR) is 70.8 cm³/mol. The first-order valence-corrected chi connectivity index (χ1v) is 6.89. The summed E-state index contributed by atoms with van der Waals surface area (Å²) in [4.78, 5) is 16.5. The molecule has 0 spiro atoms. The van der Waals surface area contributed by atoms with E-state index in [2.05, 4.69) is 38.0 Å². The van der Waals surface area contributed by atoms with E-state index in [0.29, 0.717) is 5.91 Å². The average Bonchev–Trinajstić information content (AvgIpc) is 2.64. The third kappa shape index (κ3) is 3.68. The first kappa shape index (κ1) is 14.5. The molecule has 1 fully saturated rings. The van der Waals surface area contributed by atoms with Crippen LogP contribution in [0.5, 0.6) is 0 Å². The molecule has 4 nitrogen and oxygen atoms in total. The van der Waals surface area contributed by atoms with Crippen molar-refractivity contribution >= 4 is 5.91 Å². The number of carbonyl (C=O) groups excluding carboxylic acids is 1. The maximum absolute atomic E-state index is 12.2. The van der Waals surface area contributed by atoms with Crippen LogP contribution in [0.2, 0.25) is 0 Å². The van der Waals surface area contributed by atoms with Crippen LogP contribution in [0, 0.1) is 0 Å². The minimum Gasteiger partial charge on any atom is -0.325 e. The fourth-order valence-corrected chi connectivity index (χ4v) is 2.28. The van der Waals surface area contributed by atoms with E-state index >= 15 is 0 Å². The molecule has 1 saturated heterocycles. The zero-order chi connectivity index (χ0) is 12.8. The molecule has 1 aliphatic rings. The van der Waals surface area contributed by atoms with Gasteiger partial charge in [-0.1, -0.05) is 27.2 Å². The van der Waals surface area contributed by atoms with Gasteiger partial charge in [-0.25, -0.2) is 0 Å². The monoisotopic (exact) mass is 241 g/mol. The Labute approximate surface area is 105 Å². The Balaban J connectivity index is 2.53. The Kier molecular flexibility index (Phi) is 5.92. The highest BCUT2D eigenvalue weighted by atomic mass is 16.2. The van der Waals surface area contributed by atoms with Gasteiger partial charge in [0.2, 0.25) is 5.91 Å². The molecule has 0 radical (unpaired) electrons. The summed E-state index contributed by atoms with van der Waals surface area (Å²) < 4.78 is 0. The standard InChI is InChI=1S/C13H27N3O/c1-5-8-11-13(17)16(12(6-2)14-11)10-9-15(4)7-3/h11-12,14H,5-10H2,1-4H3. The summed E-state index contributed by atoms with van der Waals surface area (Å²) in [6.07, 6.45) is 3.24. The Morgan fingerprint density at radius 2 is 2.06 bits per heavy atom. The molecule has 0 bridgehead atoms. The summed E-state index contributed by atoms with van der Waals surface area (Å²) >= 11 is 0. The predicted octanol–water partition coefficient (Wildman–Crippen LogP) is 1.27. The topological polar surface area (TPSA) is 35.6 Å². The van der Waals surface area contributed by atoms with E-state index in [1.54, 1.807) is 0 Å². The molecular weight excluding hydrogens is 214 g/mol. The summed E-state index contributed by atoms with van der Waals surface area (Å²) in [6.45, 7) is 9.24. The molecule has 1 heterocycles. The largest absolute Gasteiger partial charge is 0.325 e. The van der Waals surface area contributed by atoms with Gasteiger partial charge in [0, 0.05) is 13.1 Å². The van der Waals surface area contributed by atoms with Gasteiger partial charge >= 0.3 is 0 Å². The van der Waals surface area contributed by atoms with E-state index in [0.717, 1.165) is 38.9 Å². The highest BCUT2D eigenvalue weighted by molar-refractivity contribution is 5.84. The van der Waals surface area contributed by atoms with Crippen molar-refractivity contribution in [3.05, 3.63) is 0 Å². The first-order valence-electron chi connectivity index (χ1n) is 6.89. The number of hydrogen-bond donors (Lipinski definition) is 1. The molecule has 2 atom stereocenters. The van der Waals surface area contributed by atoms with Crippen LogP contribution < -0.4 is 5.32 Å². The van der Waals surface area contributed by atoms with Crippen LogP contribution in [0.4, 0.5) is 0 Å². The molecule has 17 heavy (non-hydrogen) atoms. The number of nitrogens with zero attached hydrogens (tertiary/aromatic N) is 2. The van der Waals surface area contributed by atoms with E-state index in [-0.39, 0.29) is 12.2 Å². The molecular formula is C13H27N3O. The molecule has 0 aromatic heterocycles. The van der Waals surface area contributed by atoms with E-state index in [9.17, 15) is 4.79 Å². The smallest absolute Gasteiger partial charge is 0.241 e. The average molecular weight is 241 g/mol. The highest BCUT2D eigenvalue weighted by Crippen LogP contribution is 2.16. The summed E-state index contributed by atoms with van der Waals surface area (Å²) in [5.74, 6) is 0.295. The van der Waals surface area contributed by atoms with Gasteiger partial charge in [0.05, 0.1) is 12.2 Å². The van der Waals surface area contributed by atoms with Gasteiger partial charge in [-0.2, -0.15) is 0 Å². The number of rotatable bonds is 7. The molecule has 100 valence electrons. The Morgan fingerprint density at radius 3 is 2.59 bits per heavy atom. The van der Waals surface area contributed by atoms with Crippen LogP contribution in [0.25, 0.3) is 0 Å². The van der Waals surface area contributed by atoms with Gasteiger partial charge in [-0.05, 0) is 26.4 Å². The lowest BCUT2D eigenvalue weighted by atomic mass is 10.2. The normalized spacial score (nSPS) is 25.0. The summed E-state index contributed by atoms with van der Waals surface area (Å²) in [7, 11) is 2.10. The van der Waals surface area contributed by atoms with Crippen molar-refractivity contribution in [1.82, 2.24) is 15.1 Å². The van der Waals surface area contributed by atoms with Crippen LogP contribution in [0.1, 0.15) is 40.0 Å². The molecule has 0 aromatic rings. The maximum Gasteiger partial charge on any atom is 0.241 e. The van der Waals surface area contributed by atoms with Crippen molar-refractivity contribution in [2.45, 2.75) is 52.2 Å². The highest BCUT2D eigenvalue weighted by Gasteiger charge is 2.36. The van der Waals surface area contributed by atoms with Crippen LogP contribution in [-0.4, -0.2) is 54.6 Å². The van der Waals surface area contributed by atoms with Gasteiger partial charge in [0.25, 0.3) is 0 Å². The lowest BCUT2D eigenvalue weighted by molar-refractivity contribution is -0.130. The van der Waals surface area contributed by atoms with Crippen molar-refractivity contribution in [1.29, 1.82) is 0 Å². The minimum absolute atomic E-state index is 0.0527. The number of nitrogens with one attached hydrogen (secondary N) is 1. The lowest BCUT2D eigenvalue weighted by Gasteiger charge is -2.25. The molecule has 4 heteroatoms. The zero-order valence-corrected chi connectivity index (χ0v) is 11.7. The van der Waals surface area contributed by atoms with Gasteiger partial charge in [-0.3, -0.25) is 10.1 Å². The Hall–Kier alpha value is -0.610. The zero-order valence-electron chi connectivity index (χ0n) is 11.7. The van der Waals surface area contributed by atoms with E-state index < -0.39 is 0 Å². The summed E-state index contributed by atoms with van der Waals surface area (Å²) in [6, 6.07) is 0.0527. The van der Waals surface area contributed by atoms with E-state index in [4.69, 9.17) is 0 Å². The van der Waals surface area contributed by atoms with E-state index in [1.165, 1.54) is 0 Å². The Bertz CT molecular complexity index is 245.